The maximum atomic E-state index is 4.34. The molecule has 2 aromatic carbocycles. The highest BCUT2D eigenvalue weighted by Crippen LogP contribution is 2.29. The van der Waals surface area contributed by atoms with Gasteiger partial charge in [0.25, 0.3) is 0 Å². The van der Waals surface area contributed by atoms with Crippen molar-refractivity contribution in [2.24, 2.45) is 0 Å². The number of thiophene rings is 1. The first-order chi connectivity index (χ1) is 13.4. The number of tetrazole rings is 1. The molecule has 0 bridgehead atoms. The standard InChI is InChI=1S/C21H19N5S/c1-3-7-16(8-4-1)21-18-12-14-27-19(18)11-13-25(21)15-20-22-23-24-26(20)17-9-5-2-6-10-17/h1-10,12,14,21H,11,13,15H2/p+1/t21-/m0/s1. The fourth-order valence-corrected chi connectivity index (χ4v) is 4.91. The van der Waals surface area contributed by atoms with E-state index in [0.29, 0.717) is 6.04 Å². The van der Waals surface area contributed by atoms with Crippen LogP contribution in [0.3, 0.4) is 0 Å². The first-order valence-electron chi connectivity index (χ1n) is 9.18. The Balaban J connectivity index is 1.51. The largest absolute Gasteiger partial charge is 0.318 e. The van der Waals surface area contributed by atoms with E-state index >= 15 is 0 Å². The van der Waals surface area contributed by atoms with Gasteiger partial charge >= 0.3 is 0 Å². The quantitative estimate of drug-likeness (QED) is 0.597. The molecule has 5 nitrogen and oxygen atoms in total. The number of hydrogen-bond donors (Lipinski definition) is 1. The van der Waals surface area contributed by atoms with Gasteiger partial charge in [-0.15, -0.1) is 16.4 Å². The number of fused-ring (bicyclic) bond motifs is 1. The van der Waals surface area contributed by atoms with Gasteiger partial charge in [-0.05, 0) is 34.0 Å². The highest BCUT2D eigenvalue weighted by Gasteiger charge is 2.34. The molecule has 0 radical (unpaired) electrons. The molecule has 27 heavy (non-hydrogen) atoms. The molecule has 0 saturated carbocycles. The zero-order chi connectivity index (χ0) is 18.1. The zero-order valence-corrected chi connectivity index (χ0v) is 15.6. The van der Waals surface area contributed by atoms with E-state index in [9.17, 15) is 0 Å². The summed E-state index contributed by atoms with van der Waals surface area (Å²) in [4.78, 5) is 2.99. The summed E-state index contributed by atoms with van der Waals surface area (Å²) >= 11 is 1.87. The summed E-state index contributed by atoms with van der Waals surface area (Å²) in [6, 6.07) is 23.5. The van der Waals surface area contributed by atoms with Crippen molar-refractivity contribution in [3.8, 4) is 5.69 Å². The molecular weight excluding hydrogens is 354 g/mol. The maximum absolute atomic E-state index is 4.34. The molecule has 5 rings (SSSR count). The van der Waals surface area contributed by atoms with E-state index in [1.807, 2.05) is 46.4 Å². The molecule has 0 saturated heterocycles. The molecule has 0 amide bonds. The molecule has 2 aromatic heterocycles. The molecule has 3 heterocycles. The van der Waals surface area contributed by atoms with Crippen LogP contribution >= 0.6 is 11.3 Å². The molecule has 1 N–H and O–H groups in total. The normalized spacial score (nSPS) is 19.0. The predicted molar refractivity (Wildman–Crippen MR) is 105 cm³/mol. The van der Waals surface area contributed by atoms with Crippen LogP contribution in [0.1, 0.15) is 27.9 Å². The van der Waals surface area contributed by atoms with Crippen molar-refractivity contribution in [1.29, 1.82) is 0 Å². The summed E-state index contributed by atoms with van der Waals surface area (Å²) in [6.07, 6.45) is 1.11. The molecule has 0 aliphatic carbocycles. The van der Waals surface area contributed by atoms with Crippen molar-refractivity contribution in [1.82, 2.24) is 20.2 Å². The lowest BCUT2D eigenvalue weighted by molar-refractivity contribution is -0.941. The Hall–Kier alpha value is -2.83. The average molecular weight is 374 g/mol. The highest BCUT2D eigenvalue weighted by atomic mass is 32.1. The van der Waals surface area contributed by atoms with Gasteiger partial charge in [-0.3, -0.25) is 0 Å². The predicted octanol–water partition coefficient (Wildman–Crippen LogP) is 2.45. The molecule has 6 heteroatoms. The SMILES string of the molecule is c1ccc([C@H]2c3ccsc3CC[NH+]2Cc2nnnn2-c2ccccc2)cc1. The van der Waals surface area contributed by atoms with Crippen LogP contribution in [-0.2, 0) is 13.0 Å². The summed E-state index contributed by atoms with van der Waals surface area (Å²) in [6.45, 7) is 1.87. The van der Waals surface area contributed by atoms with Crippen LogP contribution in [-0.4, -0.2) is 26.8 Å². The first-order valence-corrected chi connectivity index (χ1v) is 10.1. The van der Waals surface area contributed by atoms with E-state index in [1.165, 1.54) is 20.9 Å². The Labute approximate surface area is 161 Å². The van der Waals surface area contributed by atoms with Crippen molar-refractivity contribution < 1.29 is 4.90 Å². The number of nitrogens with zero attached hydrogens (tertiary/aromatic N) is 4. The Morgan fingerprint density at radius 1 is 1.00 bits per heavy atom. The third kappa shape index (κ3) is 3.07. The molecule has 0 spiro atoms. The van der Waals surface area contributed by atoms with E-state index in [1.54, 1.807) is 0 Å². The second kappa shape index (κ2) is 7.06. The Morgan fingerprint density at radius 2 is 1.78 bits per heavy atom. The third-order valence-electron chi connectivity index (χ3n) is 5.23. The van der Waals surface area contributed by atoms with E-state index in [-0.39, 0.29) is 0 Å². The summed E-state index contributed by atoms with van der Waals surface area (Å²) < 4.78 is 1.86. The van der Waals surface area contributed by atoms with Gasteiger partial charge in [0, 0.05) is 22.4 Å². The first kappa shape index (κ1) is 16.4. The van der Waals surface area contributed by atoms with Crippen LogP contribution in [0.4, 0.5) is 0 Å². The van der Waals surface area contributed by atoms with Gasteiger partial charge in [-0.2, -0.15) is 4.68 Å². The molecule has 2 atom stereocenters. The minimum absolute atomic E-state index is 0.321. The van der Waals surface area contributed by atoms with Crippen LogP contribution in [0, 0.1) is 0 Å². The summed E-state index contributed by atoms with van der Waals surface area (Å²) in [5.74, 6) is 0.899. The smallest absolute Gasteiger partial charge is 0.211 e. The van der Waals surface area contributed by atoms with Gasteiger partial charge in [0.15, 0.2) is 0 Å². The average Bonchev–Trinajstić information content (AvgIpc) is 3.38. The van der Waals surface area contributed by atoms with Crippen LogP contribution in [0.5, 0.6) is 0 Å². The number of aromatic nitrogens is 4. The molecule has 1 aliphatic heterocycles. The van der Waals surface area contributed by atoms with Gasteiger partial charge in [-0.25, -0.2) is 0 Å². The lowest BCUT2D eigenvalue weighted by Crippen LogP contribution is -3.12. The van der Waals surface area contributed by atoms with Crippen LogP contribution in [0.25, 0.3) is 5.69 Å². The fourth-order valence-electron chi connectivity index (χ4n) is 3.99. The number of nitrogens with one attached hydrogen (secondary N) is 1. The summed E-state index contributed by atoms with van der Waals surface area (Å²) in [5, 5.41) is 14.7. The third-order valence-corrected chi connectivity index (χ3v) is 6.22. The lowest BCUT2D eigenvalue weighted by atomic mass is 9.93. The monoisotopic (exact) mass is 374 g/mol. The van der Waals surface area contributed by atoms with Gasteiger partial charge in [-0.1, -0.05) is 48.5 Å². The van der Waals surface area contributed by atoms with Gasteiger partial charge < -0.3 is 4.90 Å². The maximum Gasteiger partial charge on any atom is 0.211 e. The molecular formula is C21H20N5S+. The van der Waals surface area contributed by atoms with Crippen molar-refractivity contribution in [3.63, 3.8) is 0 Å². The fraction of sp³-hybridized carbons (Fsp3) is 0.190. The van der Waals surface area contributed by atoms with E-state index < -0.39 is 0 Å². The molecule has 134 valence electrons. The number of para-hydroxylation sites is 1. The highest BCUT2D eigenvalue weighted by molar-refractivity contribution is 7.10. The van der Waals surface area contributed by atoms with Gasteiger partial charge in [0.05, 0.1) is 12.2 Å². The number of hydrogen-bond acceptors (Lipinski definition) is 4. The Morgan fingerprint density at radius 3 is 2.59 bits per heavy atom. The number of quaternary nitrogens is 1. The molecule has 1 aliphatic rings. The van der Waals surface area contributed by atoms with E-state index in [4.69, 9.17) is 0 Å². The topological polar surface area (TPSA) is 48.0 Å². The minimum Gasteiger partial charge on any atom is -0.318 e. The number of rotatable bonds is 4. The van der Waals surface area contributed by atoms with Crippen LogP contribution < -0.4 is 4.90 Å². The van der Waals surface area contributed by atoms with Crippen molar-refractivity contribution in [2.45, 2.75) is 19.0 Å². The van der Waals surface area contributed by atoms with E-state index in [0.717, 1.165) is 31.0 Å². The summed E-state index contributed by atoms with van der Waals surface area (Å²) in [7, 11) is 0. The van der Waals surface area contributed by atoms with Crippen LogP contribution in [0.15, 0.2) is 72.1 Å². The van der Waals surface area contributed by atoms with Gasteiger partial charge in [0.1, 0.15) is 12.6 Å². The zero-order valence-electron chi connectivity index (χ0n) is 14.8. The van der Waals surface area contributed by atoms with Crippen molar-refractivity contribution in [2.75, 3.05) is 6.54 Å². The molecule has 4 aromatic rings. The molecule has 0 fully saturated rings. The Kier molecular flexibility index (Phi) is 4.27. The summed E-state index contributed by atoms with van der Waals surface area (Å²) in [5.41, 5.74) is 3.80. The Bertz CT molecular complexity index is 1020. The number of benzene rings is 2. The van der Waals surface area contributed by atoms with Crippen molar-refractivity contribution in [3.05, 3.63) is 93.9 Å². The van der Waals surface area contributed by atoms with Gasteiger partial charge in [0.2, 0.25) is 5.82 Å². The van der Waals surface area contributed by atoms with E-state index in [2.05, 4.69) is 57.3 Å². The van der Waals surface area contributed by atoms with Crippen molar-refractivity contribution >= 4 is 11.3 Å². The second-order valence-electron chi connectivity index (χ2n) is 6.82. The van der Waals surface area contributed by atoms with Crippen LogP contribution in [0.2, 0.25) is 0 Å². The minimum atomic E-state index is 0.321. The lowest BCUT2D eigenvalue weighted by Gasteiger charge is -2.32. The second-order valence-corrected chi connectivity index (χ2v) is 7.82. The molecule has 1 unspecified atom stereocenters.